The third-order valence-electron chi connectivity index (χ3n) is 5.18. The first-order valence-electron chi connectivity index (χ1n) is 8.66. The van der Waals surface area contributed by atoms with Gasteiger partial charge in [-0.15, -0.1) is 0 Å². The minimum atomic E-state index is -0.811. The number of rotatable bonds is 4. The Kier molecular flexibility index (Phi) is 5.80. The first-order valence-corrected chi connectivity index (χ1v) is 8.66. The van der Waals surface area contributed by atoms with Crippen molar-refractivity contribution in [3.05, 3.63) is 34.4 Å². The molecule has 3 atom stereocenters. The molecule has 0 bridgehead atoms. The Morgan fingerprint density at radius 2 is 2.14 bits per heavy atom. The standard InChI is InChI=1S/C20H30O2/c1-13(2)7-5-9-15(4)16-12-11-14(3)8-6-10-17-18(16)20(22)19(17)21/h7-8,15-16,19,21H,5-6,9-12H2,1-4H3/b14-8+/t15-,16+,19+/m1/s1. The topological polar surface area (TPSA) is 37.3 Å². The maximum absolute atomic E-state index is 12.2. The lowest BCUT2D eigenvalue weighted by molar-refractivity contribution is -0.125. The maximum atomic E-state index is 12.2. The van der Waals surface area contributed by atoms with Gasteiger partial charge in [-0.05, 0) is 76.7 Å². The smallest absolute Gasteiger partial charge is 0.191 e. The second-order valence-corrected chi connectivity index (χ2v) is 7.28. The van der Waals surface area contributed by atoms with Crippen molar-refractivity contribution in [3.63, 3.8) is 0 Å². The van der Waals surface area contributed by atoms with Gasteiger partial charge in [0, 0.05) is 5.57 Å². The van der Waals surface area contributed by atoms with Gasteiger partial charge in [-0.25, -0.2) is 0 Å². The molecule has 0 unspecified atom stereocenters. The molecule has 0 saturated carbocycles. The highest BCUT2D eigenvalue weighted by Crippen LogP contribution is 2.42. The van der Waals surface area contributed by atoms with E-state index in [2.05, 4.69) is 39.8 Å². The Balaban J connectivity index is 2.17. The Bertz CT molecular complexity index is 518. The number of carbonyl (C=O) groups is 1. The summed E-state index contributed by atoms with van der Waals surface area (Å²) in [4.78, 5) is 12.2. The highest BCUT2D eigenvalue weighted by molar-refractivity contribution is 6.09. The minimum absolute atomic E-state index is 0.00591. The number of Topliss-reactive ketones (excluding diaryl/α,β-unsaturated/α-hetero) is 1. The Labute approximate surface area is 135 Å². The molecule has 22 heavy (non-hydrogen) atoms. The van der Waals surface area contributed by atoms with E-state index in [0.717, 1.165) is 49.7 Å². The fourth-order valence-electron chi connectivity index (χ4n) is 3.73. The van der Waals surface area contributed by atoms with Crippen LogP contribution in [0.4, 0.5) is 0 Å². The fraction of sp³-hybridized carbons (Fsp3) is 0.650. The summed E-state index contributed by atoms with van der Waals surface area (Å²) in [6, 6.07) is 0. The molecule has 0 amide bonds. The van der Waals surface area contributed by atoms with E-state index in [9.17, 15) is 9.90 Å². The summed E-state index contributed by atoms with van der Waals surface area (Å²) >= 11 is 0. The van der Waals surface area contributed by atoms with Gasteiger partial charge in [0.05, 0.1) is 0 Å². The molecule has 2 nitrogen and oxygen atoms in total. The van der Waals surface area contributed by atoms with Crippen LogP contribution in [-0.4, -0.2) is 17.0 Å². The second-order valence-electron chi connectivity index (χ2n) is 7.28. The summed E-state index contributed by atoms with van der Waals surface area (Å²) in [7, 11) is 0. The van der Waals surface area contributed by atoms with Crippen molar-refractivity contribution in [2.75, 3.05) is 0 Å². The predicted octanol–water partition coefficient (Wildman–Crippen LogP) is 4.75. The number of aliphatic hydroxyl groups excluding tert-OH is 1. The van der Waals surface area contributed by atoms with Crippen molar-refractivity contribution in [2.24, 2.45) is 11.8 Å². The molecule has 0 aliphatic heterocycles. The van der Waals surface area contributed by atoms with Crippen LogP contribution in [-0.2, 0) is 4.79 Å². The van der Waals surface area contributed by atoms with Gasteiger partial charge in [-0.1, -0.05) is 30.2 Å². The van der Waals surface area contributed by atoms with Gasteiger partial charge < -0.3 is 5.11 Å². The van der Waals surface area contributed by atoms with E-state index in [0.29, 0.717) is 11.8 Å². The largest absolute Gasteiger partial charge is 0.380 e. The van der Waals surface area contributed by atoms with Crippen LogP contribution in [0.2, 0.25) is 0 Å². The minimum Gasteiger partial charge on any atom is -0.380 e. The van der Waals surface area contributed by atoms with Gasteiger partial charge in [-0.3, -0.25) is 4.79 Å². The number of aliphatic hydroxyl groups is 1. The molecule has 0 spiro atoms. The van der Waals surface area contributed by atoms with E-state index in [4.69, 9.17) is 0 Å². The Hall–Kier alpha value is -1.15. The Morgan fingerprint density at radius 3 is 2.82 bits per heavy atom. The molecule has 2 heteroatoms. The molecule has 122 valence electrons. The zero-order valence-corrected chi connectivity index (χ0v) is 14.5. The zero-order valence-electron chi connectivity index (χ0n) is 14.5. The molecule has 0 heterocycles. The van der Waals surface area contributed by atoms with Crippen LogP contribution in [0.3, 0.4) is 0 Å². The summed E-state index contributed by atoms with van der Waals surface area (Å²) < 4.78 is 0. The second kappa shape index (κ2) is 7.41. The highest BCUT2D eigenvalue weighted by atomic mass is 16.3. The average molecular weight is 302 g/mol. The fourth-order valence-corrected chi connectivity index (χ4v) is 3.73. The molecule has 2 rings (SSSR count). The molecule has 0 aromatic rings. The molecule has 2 aliphatic carbocycles. The molecule has 0 radical (unpaired) electrons. The molecular formula is C20H30O2. The van der Waals surface area contributed by atoms with Gasteiger partial charge in [0.15, 0.2) is 5.78 Å². The lowest BCUT2D eigenvalue weighted by Crippen LogP contribution is -2.41. The lowest BCUT2D eigenvalue weighted by Gasteiger charge is -2.36. The summed E-state index contributed by atoms with van der Waals surface area (Å²) in [5, 5.41) is 10.00. The molecule has 0 fully saturated rings. The zero-order chi connectivity index (χ0) is 16.3. The first kappa shape index (κ1) is 17.2. The van der Waals surface area contributed by atoms with E-state index >= 15 is 0 Å². The number of ketones is 1. The maximum Gasteiger partial charge on any atom is 0.191 e. The highest BCUT2D eigenvalue weighted by Gasteiger charge is 2.42. The number of hydrogen-bond donors (Lipinski definition) is 1. The average Bonchev–Trinajstić information content (AvgIpc) is 2.54. The van der Waals surface area contributed by atoms with E-state index in [1.54, 1.807) is 0 Å². The first-order chi connectivity index (χ1) is 10.4. The summed E-state index contributed by atoms with van der Waals surface area (Å²) in [5.74, 6) is 0.800. The van der Waals surface area contributed by atoms with E-state index in [1.165, 1.54) is 11.1 Å². The lowest BCUT2D eigenvalue weighted by atomic mass is 9.69. The van der Waals surface area contributed by atoms with Crippen LogP contribution in [0.1, 0.15) is 66.2 Å². The summed E-state index contributed by atoms with van der Waals surface area (Å²) in [5.41, 5.74) is 4.77. The van der Waals surface area contributed by atoms with Crippen molar-refractivity contribution in [1.82, 2.24) is 0 Å². The van der Waals surface area contributed by atoms with Crippen molar-refractivity contribution >= 4 is 5.78 Å². The molecular weight excluding hydrogens is 272 g/mol. The van der Waals surface area contributed by atoms with Crippen molar-refractivity contribution in [2.45, 2.75) is 72.3 Å². The van der Waals surface area contributed by atoms with Gasteiger partial charge >= 0.3 is 0 Å². The van der Waals surface area contributed by atoms with Crippen molar-refractivity contribution < 1.29 is 9.90 Å². The predicted molar refractivity (Wildman–Crippen MR) is 91.6 cm³/mol. The van der Waals surface area contributed by atoms with Gasteiger partial charge in [-0.2, -0.15) is 0 Å². The molecule has 0 aromatic heterocycles. The summed E-state index contributed by atoms with van der Waals surface area (Å²) in [6.07, 6.45) is 9.83. The van der Waals surface area contributed by atoms with E-state index < -0.39 is 6.10 Å². The van der Waals surface area contributed by atoms with Gasteiger partial charge in [0.1, 0.15) is 6.10 Å². The van der Waals surface area contributed by atoms with Crippen LogP contribution in [0.15, 0.2) is 34.4 Å². The van der Waals surface area contributed by atoms with Crippen molar-refractivity contribution in [3.8, 4) is 0 Å². The third-order valence-corrected chi connectivity index (χ3v) is 5.18. The molecule has 1 N–H and O–H groups in total. The van der Waals surface area contributed by atoms with Gasteiger partial charge in [0.2, 0.25) is 0 Å². The molecule has 0 saturated heterocycles. The van der Waals surface area contributed by atoms with Crippen LogP contribution in [0.5, 0.6) is 0 Å². The van der Waals surface area contributed by atoms with Crippen LogP contribution >= 0.6 is 0 Å². The SMILES string of the molecule is CC(C)=CCC[C@@H](C)[C@@H]1CC/C(C)=C/CCC2=C1C(=O)[C@H]2O. The monoisotopic (exact) mass is 302 g/mol. The normalized spacial score (nSPS) is 29.3. The van der Waals surface area contributed by atoms with Crippen LogP contribution in [0, 0.1) is 11.8 Å². The number of hydrogen-bond acceptors (Lipinski definition) is 2. The Morgan fingerprint density at radius 1 is 1.41 bits per heavy atom. The van der Waals surface area contributed by atoms with Crippen molar-refractivity contribution in [1.29, 1.82) is 0 Å². The van der Waals surface area contributed by atoms with Crippen LogP contribution in [0.25, 0.3) is 0 Å². The molecule has 0 aromatic carbocycles. The third kappa shape index (κ3) is 3.78. The quantitative estimate of drug-likeness (QED) is 0.761. The van der Waals surface area contributed by atoms with E-state index in [-0.39, 0.29) is 5.78 Å². The van der Waals surface area contributed by atoms with Crippen LogP contribution < -0.4 is 0 Å². The number of carbonyl (C=O) groups excluding carboxylic acids is 1. The number of allylic oxidation sites excluding steroid dienone is 4. The van der Waals surface area contributed by atoms with E-state index in [1.807, 2.05) is 0 Å². The van der Waals surface area contributed by atoms with Gasteiger partial charge in [0.25, 0.3) is 0 Å². The molecule has 2 aliphatic rings. The summed E-state index contributed by atoms with van der Waals surface area (Å²) in [6.45, 7) is 8.71.